The van der Waals surface area contributed by atoms with Gasteiger partial charge < -0.3 is 15.9 Å². The number of oxime groups is 1. The minimum Gasteiger partial charge on any atom is -0.409 e. The zero-order valence-electron chi connectivity index (χ0n) is 10.2. The number of thioether (sulfide) groups is 1. The van der Waals surface area contributed by atoms with Crippen LogP contribution in [0.1, 0.15) is 11.1 Å². The number of H-pyrrole nitrogens is 1. The molecule has 6 nitrogen and oxygen atoms in total. The Hall–Kier alpha value is -1.99. The van der Waals surface area contributed by atoms with Gasteiger partial charge in [-0.05, 0) is 11.6 Å². The standard InChI is InChI=1S/C12H11ClN4O2S/c13-9-5-7(11(14)17-19)1-2-8(9)6-20-12-15-4-3-10(18)16-12/h1-5,19H,6H2,(H2,14,17)(H,15,16,18). The maximum atomic E-state index is 11.1. The van der Waals surface area contributed by atoms with E-state index in [1.54, 1.807) is 18.2 Å². The second-order valence-electron chi connectivity index (χ2n) is 3.82. The summed E-state index contributed by atoms with van der Waals surface area (Å²) in [6, 6.07) is 6.46. The van der Waals surface area contributed by atoms with Gasteiger partial charge in [-0.1, -0.05) is 40.7 Å². The highest BCUT2D eigenvalue weighted by Gasteiger charge is 2.06. The molecule has 0 amide bonds. The van der Waals surface area contributed by atoms with Crippen molar-refractivity contribution in [1.29, 1.82) is 0 Å². The van der Waals surface area contributed by atoms with Crippen molar-refractivity contribution in [3.8, 4) is 0 Å². The van der Waals surface area contributed by atoms with Gasteiger partial charge in [0.05, 0.1) is 0 Å². The summed E-state index contributed by atoms with van der Waals surface area (Å²) in [5.41, 5.74) is 6.68. The van der Waals surface area contributed by atoms with E-state index in [2.05, 4.69) is 15.1 Å². The molecule has 1 heterocycles. The number of hydrogen-bond acceptors (Lipinski definition) is 5. The maximum absolute atomic E-state index is 11.1. The Morgan fingerprint density at radius 3 is 2.95 bits per heavy atom. The molecule has 8 heteroatoms. The second kappa shape index (κ2) is 6.44. The first-order valence-electron chi connectivity index (χ1n) is 5.54. The number of nitrogens with zero attached hydrogens (tertiary/aromatic N) is 2. The quantitative estimate of drug-likeness (QED) is 0.199. The molecule has 0 aliphatic heterocycles. The van der Waals surface area contributed by atoms with Gasteiger partial charge in [0.1, 0.15) is 0 Å². The number of halogens is 1. The SMILES string of the molecule is N/C(=N/O)c1ccc(CSc2nccc(=O)[nH]2)c(Cl)c1. The summed E-state index contributed by atoms with van der Waals surface area (Å²) in [4.78, 5) is 17.8. The third kappa shape index (κ3) is 3.52. The molecule has 0 unspecified atom stereocenters. The number of aromatic nitrogens is 2. The molecule has 2 aromatic rings. The minimum atomic E-state index is -0.198. The van der Waals surface area contributed by atoms with Gasteiger partial charge in [-0.15, -0.1) is 0 Å². The van der Waals surface area contributed by atoms with Crippen LogP contribution in [0.2, 0.25) is 5.02 Å². The van der Waals surface area contributed by atoms with Crippen LogP contribution >= 0.6 is 23.4 Å². The Bertz CT molecular complexity index is 702. The Labute approximate surface area is 123 Å². The lowest BCUT2D eigenvalue weighted by molar-refractivity contribution is 0.318. The van der Waals surface area contributed by atoms with Crippen molar-refractivity contribution < 1.29 is 5.21 Å². The lowest BCUT2D eigenvalue weighted by atomic mass is 10.1. The van der Waals surface area contributed by atoms with Crippen LogP contribution in [0.5, 0.6) is 0 Å². The number of nitrogens with one attached hydrogen (secondary N) is 1. The molecule has 1 aromatic heterocycles. The Balaban J connectivity index is 2.12. The van der Waals surface area contributed by atoms with E-state index >= 15 is 0 Å². The van der Waals surface area contributed by atoms with Crippen molar-refractivity contribution in [2.45, 2.75) is 10.9 Å². The van der Waals surface area contributed by atoms with Crippen LogP contribution in [-0.4, -0.2) is 21.0 Å². The summed E-state index contributed by atoms with van der Waals surface area (Å²) in [6.07, 6.45) is 1.45. The lowest BCUT2D eigenvalue weighted by Gasteiger charge is -2.06. The van der Waals surface area contributed by atoms with Crippen LogP contribution in [0.15, 0.2) is 45.6 Å². The van der Waals surface area contributed by atoms with Crippen molar-refractivity contribution in [2.75, 3.05) is 0 Å². The fraction of sp³-hybridized carbons (Fsp3) is 0.0833. The molecule has 0 aliphatic carbocycles. The Morgan fingerprint density at radius 1 is 1.50 bits per heavy atom. The first kappa shape index (κ1) is 14.4. The van der Waals surface area contributed by atoms with E-state index < -0.39 is 0 Å². The zero-order chi connectivity index (χ0) is 14.5. The van der Waals surface area contributed by atoms with Crippen LogP contribution in [0.3, 0.4) is 0 Å². The molecule has 0 bridgehead atoms. The molecule has 4 N–H and O–H groups in total. The number of benzene rings is 1. The topological polar surface area (TPSA) is 104 Å². The van der Waals surface area contributed by atoms with Crippen molar-refractivity contribution in [3.05, 3.63) is 57.0 Å². The molecule has 0 saturated heterocycles. The van der Waals surface area contributed by atoms with E-state index in [1.165, 1.54) is 24.0 Å². The first-order valence-corrected chi connectivity index (χ1v) is 6.91. The molecule has 2 rings (SSSR count). The molecule has 104 valence electrons. The predicted octanol–water partition coefficient (Wildman–Crippen LogP) is 1.81. The summed E-state index contributed by atoms with van der Waals surface area (Å²) >= 11 is 7.49. The third-order valence-corrected chi connectivity index (χ3v) is 3.76. The molecular weight excluding hydrogens is 300 g/mol. The van der Waals surface area contributed by atoms with Crippen LogP contribution in [0.25, 0.3) is 0 Å². The Kier molecular flexibility index (Phi) is 4.65. The van der Waals surface area contributed by atoms with Gasteiger partial charge in [0.15, 0.2) is 11.0 Å². The van der Waals surface area contributed by atoms with Crippen molar-refractivity contribution >= 4 is 29.2 Å². The molecule has 0 atom stereocenters. The largest absolute Gasteiger partial charge is 0.409 e. The average Bonchev–Trinajstić information content (AvgIpc) is 2.45. The number of nitrogens with two attached hydrogens (primary N) is 1. The molecule has 0 saturated carbocycles. The summed E-state index contributed by atoms with van der Waals surface area (Å²) < 4.78 is 0. The summed E-state index contributed by atoms with van der Waals surface area (Å²) in [6.45, 7) is 0. The first-order chi connectivity index (χ1) is 9.60. The molecule has 0 radical (unpaired) electrons. The maximum Gasteiger partial charge on any atom is 0.251 e. The van der Waals surface area contributed by atoms with Gasteiger partial charge >= 0.3 is 0 Å². The monoisotopic (exact) mass is 310 g/mol. The molecule has 0 fully saturated rings. The van der Waals surface area contributed by atoms with Gasteiger partial charge in [-0.3, -0.25) is 4.79 Å². The van der Waals surface area contributed by atoms with Crippen molar-refractivity contribution in [3.63, 3.8) is 0 Å². The van der Waals surface area contributed by atoms with Crippen molar-refractivity contribution in [2.24, 2.45) is 10.9 Å². The highest BCUT2D eigenvalue weighted by Crippen LogP contribution is 2.25. The van der Waals surface area contributed by atoms with Gasteiger partial charge in [-0.25, -0.2) is 4.98 Å². The van der Waals surface area contributed by atoms with Gasteiger partial charge in [0, 0.05) is 28.6 Å². The van der Waals surface area contributed by atoms with Gasteiger partial charge in [-0.2, -0.15) is 0 Å². The lowest BCUT2D eigenvalue weighted by Crippen LogP contribution is -2.13. The van der Waals surface area contributed by atoms with E-state index in [0.717, 1.165) is 5.56 Å². The number of rotatable bonds is 4. The summed E-state index contributed by atoms with van der Waals surface area (Å²) in [5.74, 6) is 0.544. The minimum absolute atomic E-state index is 0.000147. The van der Waals surface area contributed by atoms with Crippen LogP contribution in [0.4, 0.5) is 0 Å². The zero-order valence-corrected chi connectivity index (χ0v) is 11.8. The van der Waals surface area contributed by atoms with E-state index in [4.69, 9.17) is 22.5 Å². The fourth-order valence-electron chi connectivity index (χ4n) is 1.45. The highest BCUT2D eigenvalue weighted by atomic mass is 35.5. The number of aromatic amines is 1. The van der Waals surface area contributed by atoms with E-state index in [-0.39, 0.29) is 11.4 Å². The molecule has 20 heavy (non-hydrogen) atoms. The van der Waals surface area contributed by atoms with E-state index in [1.807, 2.05) is 0 Å². The highest BCUT2D eigenvalue weighted by molar-refractivity contribution is 7.98. The van der Waals surface area contributed by atoms with Crippen LogP contribution in [-0.2, 0) is 5.75 Å². The van der Waals surface area contributed by atoms with Crippen LogP contribution in [0, 0.1) is 0 Å². The smallest absolute Gasteiger partial charge is 0.251 e. The Morgan fingerprint density at radius 2 is 2.30 bits per heavy atom. The normalized spacial score (nSPS) is 11.6. The van der Waals surface area contributed by atoms with E-state index in [0.29, 0.717) is 21.5 Å². The fourth-order valence-corrected chi connectivity index (χ4v) is 2.63. The van der Waals surface area contributed by atoms with E-state index in [9.17, 15) is 4.79 Å². The predicted molar refractivity (Wildman–Crippen MR) is 78.4 cm³/mol. The molecular formula is C12H11ClN4O2S. The summed E-state index contributed by atoms with van der Waals surface area (Å²) in [7, 11) is 0. The molecule has 0 aliphatic rings. The third-order valence-electron chi connectivity index (χ3n) is 2.47. The van der Waals surface area contributed by atoms with Crippen LogP contribution < -0.4 is 11.3 Å². The molecule has 1 aromatic carbocycles. The molecule has 0 spiro atoms. The van der Waals surface area contributed by atoms with Gasteiger partial charge in [0.2, 0.25) is 0 Å². The number of hydrogen-bond donors (Lipinski definition) is 3. The second-order valence-corrected chi connectivity index (χ2v) is 5.19. The summed E-state index contributed by atoms with van der Waals surface area (Å²) in [5, 5.41) is 12.5. The van der Waals surface area contributed by atoms with Crippen molar-refractivity contribution in [1.82, 2.24) is 9.97 Å². The van der Waals surface area contributed by atoms with Gasteiger partial charge in [0.25, 0.3) is 5.56 Å². The average molecular weight is 311 g/mol. The number of amidine groups is 1.